The Balaban J connectivity index is 1.32. The molecule has 3 aliphatic rings. The molecule has 3 fully saturated rings. The van der Waals surface area contributed by atoms with Crippen molar-refractivity contribution in [2.75, 3.05) is 33.4 Å². The first kappa shape index (κ1) is 20.4. The van der Waals surface area contributed by atoms with Crippen LogP contribution in [0.5, 0.6) is 0 Å². The zero-order valence-corrected chi connectivity index (χ0v) is 17.1. The molecular weight excluding hydrogens is 372 g/mol. The molecule has 29 heavy (non-hydrogen) atoms. The van der Waals surface area contributed by atoms with E-state index in [4.69, 9.17) is 9.15 Å². The topological polar surface area (TPSA) is 87.1 Å². The fraction of sp³-hybridized carbons (Fsp3) is 0.714. The van der Waals surface area contributed by atoms with E-state index in [0.29, 0.717) is 25.6 Å². The Morgan fingerprint density at radius 1 is 1.31 bits per heavy atom. The highest BCUT2D eigenvalue weighted by Crippen LogP contribution is 2.31. The van der Waals surface area contributed by atoms with E-state index in [-0.39, 0.29) is 29.9 Å². The number of amides is 2. The number of furan rings is 1. The number of ether oxygens (including phenoxy) is 1. The van der Waals surface area contributed by atoms with Gasteiger partial charge in [-0.1, -0.05) is 0 Å². The summed E-state index contributed by atoms with van der Waals surface area (Å²) in [5.41, 5.74) is 0. The Morgan fingerprint density at radius 3 is 2.90 bits per heavy atom. The summed E-state index contributed by atoms with van der Waals surface area (Å²) in [5.74, 6) is 0.895. The van der Waals surface area contributed by atoms with Gasteiger partial charge >= 0.3 is 0 Å². The predicted molar refractivity (Wildman–Crippen MR) is 107 cm³/mol. The van der Waals surface area contributed by atoms with E-state index in [0.717, 1.165) is 51.2 Å². The highest BCUT2D eigenvalue weighted by Gasteiger charge is 2.47. The average molecular weight is 405 g/mol. The maximum absolute atomic E-state index is 12.9. The van der Waals surface area contributed by atoms with Crippen LogP contribution in [-0.2, 0) is 20.9 Å². The highest BCUT2D eigenvalue weighted by molar-refractivity contribution is 5.83. The van der Waals surface area contributed by atoms with Crippen LogP contribution in [0.15, 0.2) is 22.8 Å². The van der Waals surface area contributed by atoms with E-state index < -0.39 is 0 Å². The fourth-order valence-corrected chi connectivity index (χ4v) is 5.01. The quantitative estimate of drug-likeness (QED) is 0.727. The van der Waals surface area contributed by atoms with E-state index in [1.165, 1.54) is 0 Å². The Morgan fingerprint density at radius 2 is 2.14 bits per heavy atom. The normalized spacial score (nSPS) is 29.3. The molecule has 0 aromatic carbocycles. The van der Waals surface area contributed by atoms with Gasteiger partial charge in [0, 0.05) is 50.8 Å². The second-order valence-corrected chi connectivity index (χ2v) is 8.34. The molecule has 0 aliphatic carbocycles. The molecular formula is C21H32N4O4. The second kappa shape index (κ2) is 9.28. The number of nitrogens with zero attached hydrogens (tertiary/aromatic N) is 2. The minimum atomic E-state index is -0.0964. The maximum atomic E-state index is 12.9. The summed E-state index contributed by atoms with van der Waals surface area (Å²) in [7, 11) is 2.11. The number of hydrogen-bond acceptors (Lipinski definition) is 6. The van der Waals surface area contributed by atoms with Crippen LogP contribution in [0.25, 0.3) is 0 Å². The zero-order valence-electron chi connectivity index (χ0n) is 17.1. The van der Waals surface area contributed by atoms with Crippen LogP contribution in [0.2, 0.25) is 0 Å². The lowest BCUT2D eigenvalue weighted by Gasteiger charge is -2.37. The van der Waals surface area contributed by atoms with Crippen molar-refractivity contribution in [2.24, 2.45) is 0 Å². The summed E-state index contributed by atoms with van der Waals surface area (Å²) in [6.07, 6.45) is 5.76. The van der Waals surface area contributed by atoms with Gasteiger partial charge in [0.2, 0.25) is 11.8 Å². The minimum absolute atomic E-state index is 0.0113. The van der Waals surface area contributed by atoms with Crippen LogP contribution in [0.3, 0.4) is 0 Å². The molecule has 0 bridgehead atoms. The van der Waals surface area contributed by atoms with E-state index in [2.05, 4.69) is 27.5 Å². The predicted octanol–water partition coefficient (Wildman–Crippen LogP) is 0.728. The molecule has 8 nitrogen and oxygen atoms in total. The monoisotopic (exact) mass is 404 g/mol. The molecule has 0 unspecified atom stereocenters. The van der Waals surface area contributed by atoms with Crippen LogP contribution >= 0.6 is 0 Å². The number of fused-ring (bicyclic) bond motifs is 1. The second-order valence-electron chi connectivity index (χ2n) is 8.34. The van der Waals surface area contributed by atoms with Gasteiger partial charge in [-0.05, 0) is 44.9 Å². The van der Waals surface area contributed by atoms with Crippen LogP contribution in [-0.4, -0.2) is 79.1 Å². The Labute approximate surface area is 171 Å². The highest BCUT2D eigenvalue weighted by atomic mass is 16.5. The molecule has 4 heterocycles. The molecule has 3 saturated heterocycles. The number of likely N-dealkylation sites (tertiary alicyclic amines) is 1. The summed E-state index contributed by atoms with van der Waals surface area (Å²) < 4.78 is 10.7. The molecule has 3 atom stereocenters. The van der Waals surface area contributed by atoms with Crippen molar-refractivity contribution < 1.29 is 18.7 Å². The number of rotatable bonds is 6. The van der Waals surface area contributed by atoms with Gasteiger partial charge < -0.3 is 19.8 Å². The number of carbonyl (C=O) groups excluding carboxylic acids is 2. The summed E-state index contributed by atoms with van der Waals surface area (Å²) in [4.78, 5) is 29.9. The van der Waals surface area contributed by atoms with Gasteiger partial charge in [-0.15, -0.1) is 0 Å². The summed E-state index contributed by atoms with van der Waals surface area (Å²) in [6.45, 7) is 3.52. The summed E-state index contributed by atoms with van der Waals surface area (Å²) in [5, 5.41) is 6.05. The van der Waals surface area contributed by atoms with Crippen molar-refractivity contribution in [3.05, 3.63) is 24.2 Å². The van der Waals surface area contributed by atoms with Crippen molar-refractivity contribution in [1.29, 1.82) is 0 Å². The molecule has 160 valence electrons. The lowest BCUT2D eigenvalue weighted by Crippen LogP contribution is -2.53. The van der Waals surface area contributed by atoms with Gasteiger partial charge in [0.25, 0.3) is 0 Å². The van der Waals surface area contributed by atoms with Crippen LogP contribution in [0.4, 0.5) is 0 Å². The van der Waals surface area contributed by atoms with E-state index >= 15 is 0 Å². The summed E-state index contributed by atoms with van der Waals surface area (Å²) >= 11 is 0. The van der Waals surface area contributed by atoms with Crippen molar-refractivity contribution in [2.45, 2.75) is 62.8 Å². The Kier molecular flexibility index (Phi) is 6.52. The first-order valence-corrected chi connectivity index (χ1v) is 10.8. The number of carbonyl (C=O) groups is 2. The van der Waals surface area contributed by atoms with Crippen molar-refractivity contribution >= 4 is 11.8 Å². The van der Waals surface area contributed by atoms with E-state index in [1.807, 2.05) is 12.1 Å². The first-order chi connectivity index (χ1) is 14.1. The van der Waals surface area contributed by atoms with Crippen molar-refractivity contribution in [3.63, 3.8) is 0 Å². The third-order valence-corrected chi connectivity index (χ3v) is 6.69. The van der Waals surface area contributed by atoms with Gasteiger partial charge in [-0.3, -0.25) is 19.4 Å². The molecule has 4 rings (SSSR count). The van der Waals surface area contributed by atoms with Gasteiger partial charge in [0.05, 0.1) is 12.8 Å². The zero-order chi connectivity index (χ0) is 20.2. The van der Waals surface area contributed by atoms with E-state index in [9.17, 15) is 9.59 Å². The first-order valence-electron chi connectivity index (χ1n) is 10.8. The molecule has 2 amide bonds. The molecule has 0 saturated carbocycles. The number of nitrogens with one attached hydrogen (secondary N) is 2. The largest absolute Gasteiger partial charge is 0.467 e. The molecule has 1 aromatic rings. The molecule has 2 N–H and O–H groups in total. The standard InChI is InChI=1S/C21H32N4O4/c1-24-16(4-5-19(26)22-14-17-3-2-10-29-17)13-23-21(27)20-18(24)6-9-25(20)15-7-11-28-12-8-15/h2-3,10,15-16,18,20H,4-9,11-14H2,1H3,(H,22,26)(H,23,27)/t16-,18-,20-/m0/s1. The van der Waals surface area contributed by atoms with Gasteiger partial charge in [-0.25, -0.2) is 0 Å². The lowest BCUT2D eigenvalue weighted by molar-refractivity contribution is -0.127. The smallest absolute Gasteiger partial charge is 0.239 e. The minimum Gasteiger partial charge on any atom is -0.467 e. The average Bonchev–Trinajstić information content (AvgIpc) is 3.40. The Bertz CT molecular complexity index is 689. The van der Waals surface area contributed by atoms with Gasteiger partial charge in [0.1, 0.15) is 11.8 Å². The maximum Gasteiger partial charge on any atom is 0.239 e. The van der Waals surface area contributed by atoms with E-state index in [1.54, 1.807) is 6.26 Å². The van der Waals surface area contributed by atoms with Crippen LogP contribution in [0, 0.1) is 0 Å². The van der Waals surface area contributed by atoms with Crippen molar-refractivity contribution in [1.82, 2.24) is 20.4 Å². The number of hydrogen-bond donors (Lipinski definition) is 2. The van der Waals surface area contributed by atoms with Crippen molar-refractivity contribution in [3.8, 4) is 0 Å². The van der Waals surface area contributed by atoms with Crippen LogP contribution < -0.4 is 10.6 Å². The molecule has 3 aliphatic heterocycles. The number of likely N-dealkylation sites (N-methyl/N-ethyl adjacent to an activating group) is 1. The lowest BCUT2D eigenvalue weighted by atomic mass is 10.0. The van der Waals surface area contributed by atoms with Crippen LogP contribution in [0.1, 0.15) is 37.9 Å². The van der Waals surface area contributed by atoms with Gasteiger partial charge in [0.15, 0.2) is 0 Å². The van der Waals surface area contributed by atoms with Gasteiger partial charge in [-0.2, -0.15) is 0 Å². The fourth-order valence-electron chi connectivity index (χ4n) is 5.01. The third kappa shape index (κ3) is 4.65. The molecule has 8 heteroatoms. The molecule has 0 radical (unpaired) electrons. The Hall–Kier alpha value is -1.90. The third-order valence-electron chi connectivity index (χ3n) is 6.69. The SMILES string of the molecule is CN1[C@@H](CCC(=O)NCc2ccco2)CNC(=O)[C@@H]2[C@@H]1CCN2C1CCOCC1. The molecule has 1 aromatic heterocycles. The summed E-state index contributed by atoms with van der Waals surface area (Å²) in [6, 6.07) is 4.36. The molecule has 0 spiro atoms.